The molecule has 0 aliphatic rings. The number of hydrogen-bond acceptors (Lipinski definition) is 4. The Balaban J connectivity index is 2.19. The van der Waals surface area contributed by atoms with E-state index in [1.54, 1.807) is 0 Å². The predicted octanol–water partition coefficient (Wildman–Crippen LogP) is 2.54. The van der Waals surface area contributed by atoms with Gasteiger partial charge in [0.05, 0.1) is 0 Å². The second-order valence-electron chi connectivity index (χ2n) is 5.05. The molecule has 21 heavy (non-hydrogen) atoms. The van der Waals surface area contributed by atoms with Crippen LogP contribution >= 0.6 is 0 Å². The second kappa shape index (κ2) is 5.61. The molecule has 0 radical (unpaired) electrons. The summed E-state index contributed by atoms with van der Waals surface area (Å²) in [6, 6.07) is 8.31. The van der Waals surface area contributed by atoms with E-state index in [4.69, 9.17) is 0 Å². The first-order chi connectivity index (χ1) is 10.2. The summed E-state index contributed by atoms with van der Waals surface area (Å²) < 4.78 is 1.81. The van der Waals surface area contributed by atoms with Crippen molar-refractivity contribution in [1.29, 1.82) is 0 Å². The fourth-order valence-electron chi connectivity index (χ4n) is 2.53. The van der Waals surface area contributed by atoms with Gasteiger partial charge in [0.25, 0.3) is 0 Å². The number of nitrogens with one attached hydrogen (secondary N) is 1. The molecule has 0 unspecified atom stereocenters. The minimum Gasteiger partial charge on any atom is -0.313 e. The average molecular weight is 281 g/mol. The van der Waals surface area contributed by atoms with Crippen molar-refractivity contribution in [1.82, 2.24) is 25.1 Å². The summed E-state index contributed by atoms with van der Waals surface area (Å²) in [6.07, 6.45) is 1.93. The number of fused-ring (bicyclic) bond motifs is 1. The van der Waals surface area contributed by atoms with Gasteiger partial charge in [0.2, 0.25) is 0 Å². The highest BCUT2D eigenvalue weighted by atomic mass is 15.4. The van der Waals surface area contributed by atoms with Crippen LogP contribution in [0, 0.1) is 13.8 Å². The maximum Gasteiger partial charge on any atom is 0.163 e. The van der Waals surface area contributed by atoms with Gasteiger partial charge in [-0.1, -0.05) is 31.2 Å². The molecule has 0 aliphatic carbocycles. The first kappa shape index (κ1) is 13.7. The third-order valence-electron chi connectivity index (χ3n) is 3.50. The van der Waals surface area contributed by atoms with Crippen LogP contribution < -0.4 is 5.32 Å². The van der Waals surface area contributed by atoms with Crippen LogP contribution in [0.5, 0.6) is 0 Å². The van der Waals surface area contributed by atoms with E-state index in [2.05, 4.69) is 45.5 Å². The summed E-state index contributed by atoms with van der Waals surface area (Å²) >= 11 is 0. The molecule has 5 nitrogen and oxygen atoms in total. The van der Waals surface area contributed by atoms with E-state index in [1.807, 2.05) is 30.8 Å². The number of pyridine rings is 1. The molecule has 2 heterocycles. The van der Waals surface area contributed by atoms with Crippen LogP contribution in [0.4, 0.5) is 0 Å². The predicted molar refractivity (Wildman–Crippen MR) is 83.5 cm³/mol. The highest BCUT2D eigenvalue weighted by Crippen LogP contribution is 2.23. The van der Waals surface area contributed by atoms with Crippen molar-refractivity contribution in [3.63, 3.8) is 0 Å². The van der Waals surface area contributed by atoms with Crippen LogP contribution in [0.3, 0.4) is 0 Å². The van der Waals surface area contributed by atoms with Gasteiger partial charge in [0.15, 0.2) is 5.82 Å². The molecule has 5 heteroatoms. The van der Waals surface area contributed by atoms with Gasteiger partial charge in [-0.3, -0.25) is 0 Å². The second-order valence-corrected chi connectivity index (χ2v) is 5.05. The van der Waals surface area contributed by atoms with Gasteiger partial charge in [-0.15, -0.1) is 5.10 Å². The fraction of sp³-hybridized carbons (Fsp3) is 0.312. The van der Waals surface area contributed by atoms with E-state index in [0.29, 0.717) is 0 Å². The normalized spacial score (nSPS) is 11.2. The molecule has 1 aromatic carbocycles. The molecule has 0 amide bonds. The zero-order valence-electron chi connectivity index (χ0n) is 12.6. The van der Waals surface area contributed by atoms with E-state index in [0.717, 1.165) is 35.9 Å². The van der Waals surface area contributed by atoms with Crippen LogP contribution in [-0.2, 0) is 6.54 Å². The van der Waals surface area contributed by atoms with Crippen molar-refractivity contribution >= 4 is 10.8 Å². The minimum absolute atomic E-state index is 0.759. The average Bonchev–Trinajstić information content (AvgIpc) is 2.83. The van der Waals surface area contributed by atoms with E-state index >= 15 is 0 Å². The molecular weight excluding hydrogens is 262 g/mol. The molecule has 0 aliphatic heterocycles. The fourth-order valence-corrected chi connectivity index (χ4v) is 2.53. The Labute approximate surface area is 124 Å². The lowest BCUT2D eigenvalue weighted by Crippen LogP contribution is -2.13. The largest absolute Gasteiger partial charge is 0.313 e. The van der Waals surface area contributed by atoms with E-state index in [9.17, 15) is 0 Å². The number of aryl methyl sites for hydroxylation is 2. The molecule has 1 N–H and O–H groups in total. The summed E-state index contributed by atoms with van der Waals surface area (Å²) in [4.78, 5) is 8.99. The smallest absolute Gasteiger partial charge is 0.163 e. The SMILES string of the molecule is CCNCc1cnc(-n2nc(C)nc2C)c2ccccc12. The zero-order chi connectivity index (χ0) is 14.8. The van der Waals surface area contributed by atoms with Crippen molar-refractivity contribution < 1.29 is 0 Å². The molecule has 0 spiro atoms. The molecule has 0 bridgehead atoms. The first-order valence-electron chi connectivity index (χ1n) is 7.18. The van der Waals surface area contributed by atoms with Crippen molar-refractivity contribution in [2.24, 2.45) is 0 Å². The van der Waals surface area contributed by atoms with E-state index < -0.39 is 0 Å². The first-order valence-corrected chi connectivity index (χ1v) is 7.18. The van der Waals surface area contributed by atoms with Crippen LogP contribution in [0.2, 0.25) is 0 Å². The van der Waals surface area contributed by atoms with Crippen molar-refractivity contribution in [3.05, 3.63) is 47.7 Å². The van der Waals surface area contributed by atoms with Crippen molar-refractivity contribution in [3.8, 4) is 5.82 Å². The lowest BCUT2D eigenvalue weighted by atomic mass is 10.1. The third-order valence-corrected chi connectivity index (χ3v) is 3.50. The van der Waals surface area contributed by atoms with Crippen LogP contribution in [0.15, 0.2) is 30.5 Å². The summed E-state index contributed by atoms with van der Waals surface area (Å²) in [5.74, 6) is 2.45. The Morgan fingerprint density at radius 1 is 1.14 bits per heavy atom. The third kappa shape index (κ3) is 2.52. The Morgan fingerprint density at radius 2 is 1.90 bits per heavy atom. The molecule has 0 saturated heterocycles. The van der Waals surface area contributed by atoms with Crippen LogP contribution in [0.1, 0.15) is 24.1 Å². The van der Waals surface area contributed by atoms with Gasteiger partial charge in [-0.2, -0.15) is 4.68 Å². The molecule has 0 fully saturated rings. The van der Waals surface area contributed by atoms with Gasteiger partial charge < -0.3 is 5.32 Å². The zero-order valence-corrected chi connectivity index (χ0v) is 12.6. The number of benzene rings is 1. The molecule has 3 rings (SSSR count). The Kier molecular flexibility index (Phi) is 3.66. The van der Waals surface area contributed by atoms with Gasteiger partial charge in [-0.05, 0) is 31.3 Å². The number of aromatic nitrogens is 4. The summed E-state index contributed by atoms with van der Waals surface area (Å²) in [5, 5.41) is 10.1. The Bertz CT molecular complexity index is 775. The van der Waals surface area contributed by atoms with E-state index in [-0.39, 0.29) is 0 Å². The Morgan fingerprint density at radius 3 is 2.57 bits per heavy atom. The van der Waals surface area contributed by atoms with Crippen LogP contribution in [0.25, 0.3) is 16.6 Å². The van der Waals surface area contributed by atoms with Gasteiger partial charge >= 0.3 is 0 Å². The van der Waals surface area contributed by atoms with E-state index in [1.165, 1.54) is 10.9 Å². The van der Waals surface area contributed by atoms with Gasteiger partial charge in [-0.25, -0.2) is 9.97 Å². The van der Waals surface area contributed by atoms with Crippen molar-refractivity contribution in [2.45, 2.75) is 27.3 Å². The summed E-state index contributed by atoms with van der Waals surface area (Å²) in [7, 11) is 0. The lowest BCUT2D eigenvalue weighted by Gasteiger charge is -2.11. The number of hydrogen-bond donors (Lipinski definition) is 1. The number of nitrogens with zero attached hydrogens (tertiary/aromatic N) is 4. The number of rotatable bonds is 4. The molecule has 2 aromatic heterocycles. The quantitative estimate of drug-likeness (QED) is 0.798. The molecular formula is C16H19N5. The minimum atomic E-state index is 0.759. The monoisotopic (exact) mass is 281 g/mol. The lowest BCUT2D eigenvalue weighted by molar-refractivity contribution is 0.726. The highest BCUT2D eigenvalue weighted by Gasteiger charge is 2.12. The van der Waals surface area contributed by atoms with Crippen LogP contribution in [-0.4, -0.2) is 26.3 Å². The topological polar surface area (TPSA) is 55.6 Å². The molecule has 108 valence electrons. The van der Waals surface area contributed by atoms with Gasteiger partial charge in [0.1, 0.15) is 11.6 Å². The van der Waals surface area contributed by atoms with Crippen molar-refractivity contribution in [2.75, 3.05) is 6.54 Å². The highest BCUT2D eigenvalue weighted by molar-refractivity contribution is 5.90. The van der Waals surface area contributed by atoms with Gasteiger partial charge in [0, 0.05) is 18.1 Å². The maximum atomic E-state index is 4.62. The Hall–Kier alpha value is -2.27. The maximum absolute atomic E-state index is 4.62. The molecule has 0 saturated carbocycles. The summed E-state index contributed by atoms with van der Waals surface area (Å²) in [6.45, 7) is 7.71. The summed E-state index contributed by atoms with van der Waals surface area (Å²) in [5.41, 5.74) is 1.20. The molecule has 0 atom stereocenters. The molecule has 3 aromatic rings. The standard InChI is InChI=1S/C16H19N5/c1-4-17-9-13-10-18-16(15-8-6-5-7-14(13)15)21-12(3)19-11(2)20-21/h5-8,10,17H,4,9H2,1-3H3.